The minimum Gasteiger partial charge on any atom is -0.506 e. The molecule has 1 nitrogen and oxygen atoms in total. The van der Waals surface area contributed by atoms with E-state index in [9.17, 15) is 5.11 Å². The summed E-state index contributed by atoms with van der Waals surface area (Å²) in [6, 6.07) is 6.69. The van der Waals surface area contributed by atoms with Gasteiger partial charge in [0, 0.05) is 15.5 Å². The van der Waals surface area contributed by atoms with E-state index in [2.05, 4.69) is 51.4 Å². The van der Waals surface area contributed by atoms with Gasteiger partial charge in [-0.2, -0.15) is 0 Å². The molecule has 1 N–H and O–H groups in total. The molecule has 3 aromatic rings. The number of phenolic OH excluding ortho intramolecular Hbond substituents is 1. The van der Waals surface area contributed by atoms with E-state index in [0.29, 0.717) is 5.75 Å². The van der Waals surface area contributed by atoms with Gasteiger partial charge in [-0.25, -0.2) is 0 Å². The zero-order chi connectivity index (χ0) is 15.6. The highest BCUT2D eigenvalue weighted by Crippen LogP contribution is 2.38. The largest absolute Gasteiger partial charge is 0.506 e. The van der Waals surface area contributed by atoms with Gasteiger partial charge in [0.1, 0.15) is 5.75 Å². The average Bonchev–Trinajstić information content (AvgIpc) is 2.88. The molecule has 0 unspecified atom stereocenters. The van der Waals surface area contributed by atoms with Crippen LogP contribution >= 0.6 is 22.7 Å². The Morgan fingerprint density at radius 3 is 1.86 bits per heavy atom. The van der Waals surface area contributed by atoms with Gasteiger partial charge in [0.25, 0.3) is 0 Å². The molecule has 0 fully saturated rings. The molecule has 0 aliphatic heterocycles. The number of phenols is 1. The molecule has 0 bridgehead atoms. The molecule has 112 valence electrons. The molecule has 0 spiro atoms. The summed E-state index contributed by atoms with van der Waals surface area (Å²) in [7, 11) is -2.64. The fraction of sp³-hybridized carbons (Fsp3) is 0.375. The maximum atomic E-state index is 10.4. The van der Waals surface area contributed by atoms with Crippen molar-refractivity contribution in [1.82, 2.24) is 0 Å². The van der Waals surface area contributed by atoms with Gasteiger partial charge in [0.15, 0.2) is 0 Å². The summed E-state index contributed by atoms with van der Waals surface area (Å²) >= 11 is 3.66. The van der Waals surface area contributed by atoms with E-state index >= 15 is 0 Å². The SMILES string of the molecule is C[Si](C)(C)c1cc2c(cc(O)c3sc([Si](C)(C)C)cc32)s1. The van der Waals surface area contributed by atoms with Crippen LogP contribution in [0.2, 0.25) is 39.3 Å². The van der Waals surface area contributed by atoms with Crippen molar-refractivity contribution in [3.8, 4) is 5.75 Å². The van der Waals surface area contributed by atoms with Crippen LogP contribution in [-0.2, 0) is 0 Å². The average molecular weight is 351 g/mol. The van der Waals surface area contributed by atoms with Crippen LogP contribution in [0, 0.1) is 0 Å². The lowest BCUT2D eigenvalue weighted by atomic mass is 10.2. The Bertz CT molecular complexity index is 832. The number of benzene rings is 1. The first-order valence-corrected chi connectivity index (χ1v) is 15.9. The Kier molecular flexibility index (Phi) is 3.41. The monoisotopic (exact) mass is 350 g/mol. The molecular formula is C16H22OS2Si2. The summed E-state index contributed by atoms with van der Waals surface area (Å²) in [5, 5.41) is 13.0. The van der Waals surface area contributed by atoms with Crippen LogP contribution in [-0.4, -0.2) is 21.3 Å². The molecule has 2 aromatic heterocycles. The van der Waals surface area contributed by atoms with E-state index in [4.69, 9.17) is 0 Å². The number of rotatable bonds is 2. The molecule has 21 heavy (non-hydrogen) atoms. The smallest absolute Gasteiger partial charge is 0.134 e. The van der Waals surface area contributed by atoms with Gasteiger partial charge < -0.3 is 5.11 Å². The first-order chi connectivity index (χ1) is 9.57. The number of thiophene rings is 2. The molecule has 0 radical (unpaired) electrons. The predicted octanol–water partition coefficient (Wildman–Crippen LogP) is 4.91. The second-order valence-corrected chi connectivity index (χ2v) is 20.7. The van der Waals surface area contributed by atoms with Gasteiger partial charge in [0.05, 0.1) is 20.8 Å². The Hall–Kier alpha value is -0.626. The van der Waals surface area contributed by atoms with Gasteiger partial charge in [-0.05, 0) is 27.2 Å². The summed E-state index contributed by atoms with van der Waals surface area (Å²) in [5.74, 6) is 0.455. The standard InChI is InChI=1S/C16H22OS2Si2/c1-20(2,3)14-7-10-11-8-15(21(4,5)6)19-16(11)12(17)9-13(10)18-14/h7-9,17H,1-6H3. The van der Waals surface area contributed by atoms with Crippen LogP contribution in [0.25, 0.3) is 20.2 Å². The fourth-order valence-electron chi connectivity index (χ4n) is 2.43. The van der Waals surface area contributed by atoms with Crippen molar-refractivity contribution in [3.05, 3.63) is 18.2 Å². The fourth-order valence-corrected chi connectivity index (χ4v) is 8.38. The van der Waals surface area contributed by atoms with E-state index in [1.165, 1.54) is 24.5 Å². The van der Waals surface area contributed by atoms with Crippen molar-refractivity contribution in [1.29, 1.82) is 0 Å². The molecule has 3 rings (SSSR count). The molecule has 0 aliphatic rings. The van der Waals surface area contributed by atoms with Crippen LogP contribution in [0.15, 0.2) is 18.2 Å². The van der Waals surface area contributed by atoms with Gasteiger partial charge in [-0.1, -0.05) is 39.3 Å². The first kappa shape index (κ1) is 15.3. The molecule has 0 aliphatic carbocycles. The lowest BCUT2D eigenvalue weighted by Gasteiger charge is -2.12. The van der Waals surface area contributed by atoms with Crippen LogP contribution in [0.1, 0.15) is 0 Å². The van der Waals surface area contributed by atoms with Gasteiger partial charge >= 0.3 is 0 Å². The minimum absolute atomic E-state index is 0.455. The molecule has 0 saturated carbocycles. The number of fused-ring (bicyclic) bond motifs is 3. The Balaban J connectivity index is 2.36. The van der Waals surface area contributed by atoms with Crippen molar-refractivity contribution in [3.63, 3.8) is 0 Å². The Morgan fingerprint density at radius 1 is 0.762 bits per heavy atom. The number of hydrogen-bond donors (Lipinski definition) is 1. The quantitative estimate of drug-likeness (QED) is 0.651. The van der Waals surface area contributed by atoms with E-state index in [1.54, 1.807) is 11.3 Å². The van der Waals surface area contributed by atoms with Crippen molar-refractivity contribution in [2.75, 3.05) is 0 Å². The lowest BCUT2D eigenvalue weighted by Crippen LogP contribution is -2.34. The number of hydrogen-bond acceptors (Lipinski definition) is 3. The Morgan fingerprint density at radius 2 is 1.29 bits per heavy atom. The highest BCUT2D eigenvalue weighted by molar-refractivity contribution is 7.33. The van der Waals surface area contributed by atoms with Gasteiger partial charge in [0.2, 0.25) is 0 Å². The van der Waals surface area contributed by atoms with Gasteiger partial charge in [-0.3, -0.25) is 0 Å². The summed E-state index contributed by atoms with van der Waals surface area (Å²) in [6.07, 6.45) is 0. The van der Waals surface area contributed by atoms with E-state index in [0.717, 1.165) is 4.70 Å². The minimum atomic E-state index is -1.34. The third-order valence-corrected chi connectivity index (χ3v) is 13.2. The zero-order valence-electron chi connectivity index (χ0n) is 13.5. The van der Waals surface area contributed by atoms with Crippen molar-refractivity contribution < 1.29 is 5.11 Å². The van der Waals surface area contributed by atoms with Crippen molar-refractivity contribution >= 4 is 68.0 Å². The van der Waals surface area contributed by atoms with Crippen LogP contribution < -0.4 is 9.00 Å². The van der Waals surface area contributed by atoms with Crippen LogP contribution in [0.3, 0.4) is 0 Å². The lowest BCUT2D eigenvalue weighted by molar-refractivity contribution is 0.483. The van der Waals surface area contributed by atoms with Crippen molar-refractivity contribution in [2.45, 2.75) is 39.3 Å². The summed E-state index contributed by atoms with van der Waals surface area (Å²) in [6.45, 7) is 14.3. The second kappa shape index (κ2) is 4.68. The van der Waals surface area contributed by atoms with E-state index in [-0.39, 0.29) is 0 Å². The first-order valence-electron chi connectivity index (χ1n) is 7.27. The highest BCUT2D eigenvalue weighted by atomic mass is 32.1. The van der Waals surface area contributed by atoms with Crippen molar-refractivity contribution in [2.24, 2.45) is 0 Å². The second-order valence-electron chi connectivity index (χ2n) is 7.77. The summed E-state index contributed by atoms with van der Waals surface area (Å²) < 4.78 is 5.29. The normalized spacial score (nSPS) is 13.4. The molecule has 0 atom stereocenters. The highest BCUT2D eigenvalue weighted by Gasteiger charge is 2.24. The van der Waals surface area contributed by atoms with E-state index < -0.39 is 16.1 Å². The maximum absolute atomic E-state index is 10.4. The molecular weight excluding hydrogens is 328 g/mol. The number of aromatic hydroxyl groups is 1. The summed E-state index contributed by atoms with van der Waals surface area (Å²) in [5.41, 5.74) is 0. The third kappa shape index (κ3) is 2.61. The van der Waals surface area contributed by atoms with Gasteiger partial charge in [-0.15, -0.1) is 22.7 Å². The maximum Gasteiger partial charge on any atom is 0.134 e. The molecule has 1 aromatic carbocycles. The van der Waals surface area contributed by atoms with E-state index in [1.807, 2.05) is 17.4 Å². The third-order valence-electron chi connectivity index (χ3n) is 3.76. The molecule has 0 saturated heterocycles. The topological polar surface area (TPSA) is 20.2 Å². The molecule has 2 heterocycles. The van der Waals surface area contributed by atoms with Crippen LogP contribution in [0.5, 0.6) is 5.75 Å². The Labute approximate surface area is 136 Å². The molecule has 0 amide bonds. The molecule has 5 heteroatoms. The zero-order valence-corrected chi connectivity index (χ0v) is 17.1. The van der Waals surface area contributed by atoms with Crippen LogP contribution in [0.4, 0.5) is 0 Å². The predicted molar refractivity (Wildman–Crippen MR) is 105 cm³/mol. The summed E-state index contributed by atoms with van der Waals surface area (Å²) in [4.78, 5) is 0.